The first-order chi connectivity index (χ1) is 10.2. The van der Waals surface area contributed by atoms with E-state index in [1.165, 1.54) is 6.20 Å². The van der Waals surface area contributed by atoms with Gasteiger partial charge in [0.25, 0.3) is 5.91 Å². The van der Waals surface area contributed by atoms with E-state index in [9.17, 15) is 22.4 Å². The topological polar surface area (TPSA) is 46.9 Å². The van der Waals surface area contributed by atoms with Crippen molar-refractivity contribution in [3.63, 3.8) is 0 Å². The maximum absolute atomic E-state index is 13.2. The Bertz CT molecular complexity index is 692. The fraction of sp³-hybridized carbons (Fsp3) is 0.286. The monoisotopic (exact) mass is 315 g/mol. The summed E-state index contributed by atoms with van der Waals surface area (Å²) in [6, 6.07) is 2.17. The molecule has 118 valence electrons. The third-order valence-electron chi connectivity index (χ3n) is 2.92. The van der Waals surface area contributed by atoms with Gasteiger partial charge in [0.05, 0.1) is 17.4 Å². The van der Waals surface area contributed by atoms with Crippen molar-refractivity contribution >= 4 is 11.6 Å². The van der Waals surface area contributed by atoms with Crippen molar-refractivity contribution in [3.8, 4) is 0 Å². The van der Waals surface area contributed by atoms with E-state index in [2.05, 4.69) is 10.4 Å². The van der Waals surface area contributed by atoms with Crippen LogP contribution in [0.25, 0.3) is 0 Å². The molecule has 1 aromatic carbocycles. The standard InChI is InChI=1S/C14H13F4N3O/c1-8(2)21-7-10(6-19-21)20-13(22)9-3-4-12(15)11(5-9)14(16,17)18/h3-8H,1-2H3,(H,20,22). The van der Waals surface area contributed by atoms with Gasteiger partial charge in [0.1, 0.15) is 5.82 Å². The molecule has 2 rings (SSSR count). The quantitative estimate of drug-likeness (QED) is 0.874. The van der Waals surface area contributed by atoms with Gasteiger partial charge in [0.2, 0.25) is 0 Å². The molecule has 1 N–H and O–H groups in total. The first kappa shape index (κ1) is 16.0. The summed E-state index contributed by atoms with van der Waals surface area (Å²) in [5, 5.41) is 6.41. The van der Waals surface area contributed by atoms with E-state index in [-0.39, 0.29) is 11.6 Å². The smallest absolute Gasteiger partial charge is 0.319 e. The Morgan fingerprint density at radius 1 is 1.32 bits per heavy atom. The van der Waals surface area contributed by atoms with E-state index in [0.717, 1.165) is 6.07 Å². The van der Waals surface area contributed by atoms with E-state index in [0.29, 0.717) is 17.8 Å². The fourth-order valence-corrected chi connectivity index (χ4v) is 1.77. The maximum atomic E-state index is 13.2. The average Bonchev–Trinajstić information content (AvgIpc) is 2.86. The normalized spacial score (nSPS) is 11.8. The number of alkyl halides is 3. The molecular formula is C14H13F4N3O. The van der Waals surface area contributed by atoms with Gasteiger partial charge < -0.3 is 5.32 Å². The molecule has 0 atom stereocenters. The minimum atomic E-state index is -4.86. The van der Waals surface area contributed by atoms with Gasteiger partial charge in [-0.25, -0.2) is 4.39 Å². The molecule has 0 bridgehead atoms. The van der Waals surface area contributed by atoms with Gasteiger partial charge in [-0.15, -0.1) is 0 Å². The lowest BCUT2D eigenvalue weighted by Crippen LogP contribution is -2.15. The van der Waals surface area contributed by atoms with Gasteiger partial charge in [-0.1, -0.05) is 0 Å². The number of benzene rings is 1. The Morgan fingerprint density at radius 3 is 2.55 bits per heavy atom. The van der Waals surface area contributed by atoms with Crippen LogP contribution in [0.5, 0.6) is 0 Å². The summed E-state index contributed by atoms with van der Waals surface area (Å²) >= 11 is 0. The van der Waals surface area contributed by atoms with Crippen LogP contribution in [-0.2, 0) is 6.18 Å². The predicted molar refractivity (Wildman–Crippen MR) is 72.0 cm³/mol. The van der Waals surface area contributed by atoms with Crippen molar-refractivity contribution < 1.29 is 22.4 Å². The van der Waals surface area contributed by atoms with Gasteiger partial charge in [-0.05, 0) is 32.0 Å². The van der Waals surface area contributed by atoms with E-state index < -0.39 is 23.5 Å². The second-order valence-corrected chi connectivity index (χ2v) is 4.95. The Balaban J connectivity index is 2.22. The SMILES string of the molecule is CC(C)n1cc(NC(=O)c2ccc(F)c(C(F)(F)F)c2)cn1. The largest absolute Gasteiger partial charge is 0.419 e. The number of nitrogens with zero attached hydrogens (tertiary/aromatic N) is 2. The molecule has 0 aliphatic rings. The Labute approximate surface area is 123 Å². The molecule has 1 aromatic heterocycles. The summed E-state index contributed by atoms with van der Waals surface area (Å²) in [5.41, 5.74) is -1.42. The van der Waals surface area contributed by atoms with Crippen LogP contribution < -0.4 is 5.32 Å². The van der Waals surface area contributed by atoms with Crippen LogP contribution in [0.1, 0.15) is 35.8 Å². The third kappa shape index (κ3) is 3.44. The van der Waals surface area contributed by atoms with E-state index >= 15 is 0 Å². The highest BCUT2D eigenvalue weighted by atomic mass is 19.4. The van der Waals surface area contributed by atoms with Crippen LogP contribution >= 0.6 is 0 Å². The van der Waals surface area contributed by atoms with Gasteiger partial charge >= 0.3 is 6.18 Å². The predicted octanol–water partition coefficient (Wildman–Crippen LogP) is 3.87. The molecule has 0 saturated heterocycles. The number of anilines is 1. The zero-order chi connectivity index (χ0) is 16.5. The lowest BCUT2D eigenvalue weighted by molar-refractivity contribution is -0.140. The molecular weight excluding hydrogens is 302 g/mol. The molecule has 0 unspecified atom stereocenters. The van der Waals surface area contributed by atoms with Crippen LogP contribution in [0, 0.1) is 5.82 Å². The van der Waals surface area contributed by atoms with Crippen molar-refractivity contribution in [2.75, 3.05) is 5.32 Å². The van der Waals surface area contributed by atoms with E-state index in [4.69, 9.17) is 0 Å². The summed E-state index contributed by atoms with van der Waals surface area (Å²) in [7, 11) is 0. The maximum Gasteiger partial charge on any atom is 0.419 e. The first-order valence-electron chi connectivity index (χ1n) is 6.40. The molecule has 0 radical (unpaired) electrons. The number of carbonyl (C=O) groups excluding carboxylic acids is 1. The minimum Gasteiger partial charge on any atom is -0.319 e. The molecule has 0 saturated carbocycles. The summed E-state index contributed by atoms with van der Waals surface area (Å²) in [4.78, 5) is 11.9. The Kier molecular flexibility index (Phi) is 4.20. The number of nitrogens with one attached hydrogen (secondary N) is 1. The molecule has 1 heterocycles. The van der Waals surface area contributed by atoms with Crippen LogP contribution in [0.15, 0.2) is 30.6 Å². The highest BCUT2D eigenvalue weighted by molar-refractivity contribution is 6.04. The van der Waals surface area contributed by atoms with Gasteiger partial charge in [-0.2, -0.15) is 18.3 Å². The number of aromatic nitrogens is 2. The molecule has 4 nitrogen and oxygen atoms in total. The molecule has 22 heavy (non-hydrogen) atoms. The molecule has 1 amide bonds. The van der Waals surface area contributed by atoms with Gasteiger partial charge in [0, 0.05) is 17.8 Å². The van der Waals surface area contributed by atoms with Gasteiger partial charge in [-0.3, -0.25) is 9.48 Å². The van der Waals surface area contributed by atoms with Gasteiger partial charge in [0.15, 0.2) is 0 Å². The fourth-order valence-electron chi connectivity index (χ4n) is 1.77. The number of carbonyl (C=O) groups is 1. The lowest BCUT2D eigenvalue weighted by atomic mass is 10.1. The molecule has 0 spiro atoms. The zero-order valence-corrected chi connectivity index (χ0v) is 11.8. The number of hydrogen-bond acceptors (Lipinski definition) is 2. The van der Waals surface area contributed by atoms with Crippen LogP contribution in [-0.4, -0.2) is 15.7 Å². The molecule has 0 aliphatic heterocycles. The van der Waals surface area contributed by atoms with Crippen LogP contribution in [0.2, 0.25) is 0 Å². The molecule has 0 aliphatic carbocycles. The average molecular weight is 315 g/mol. The minimum absolute atomic E-state index is 0.0771. The summed E-state index contributed by atoms with van der Waals surface area (Å²) in [6.45, 7) is 3.77. The molecule has 8 heteroatoms. The zero-order valence-electron chi connectivity index (χ0n) is 11.8. The van der Waals surface area contributed by atoms with Crippen molar-refractivity contribution in [2.24, 2.45) is 0 Å². The van der Waals surface area contributed by atoms with Crippen molar-refractivity contribution in [3.05, 3.63) is 47.5 Å². The molecule has 2 aromatic rings. The van der Waals surface area contributed by atoms with Crippen LogP contribution in [0.3, 0.4) is 0 Å². The Hall–Kier alpha value is -2.38. The van der Waals surface area contributed by atoms with Crippen LogP contribution in [0.4, 0.5) is 23.2 Å². The Morgan fingerprint density at radius 2 is 2.00 bits per heavy atom. The number of rotatable bonds is 3. The summed E-state index contributed by atoms with van der Waals surface area (Å²) < 4.78 is 52.6. The lowest BCUT2D eigenvalue weighted by Gasteiger charge is -2.10. The second-order valence-electron chi connectivity index (χ2n) is 4.95. The third-order valence-corrected chi connectivity index (χ3v) is 2.92. The van der Waals surface area contributed by atoms with Crippen molar-refractivity contribution in [1.82, 2.24) is 9.78 Å². The first-order valence-corrected chi connectivity index (χ1v) is 6.40. The van der Waals surface area contributed by atoms with Crippen molar-refractivity contribution in [1.29, 1.82) is 0 Å². The molecule has 0 fully saturated rings. The van der Waals surface area contributed by atoms with E-state index in [1.54, 1.807) is 10.9 Å². The second kappa shape index (κ2) is 5.78. The highest BCUT2D eigenvalue weighted by Crippen LogP contribution is 2.32. The summed E-state index contributed by atoms with van der Waals surface area (Å²) in [5.74, 6) is -2.19. The number of amides is 1. The van der Waals surface area contributed by atoms with E-state index in [1.807, 2.05) is 13.8 Å². The number of hydrogen-bond donors (Lipinski definition) is 1. The number of halogens is 4. The summed E-state index contributed by atoms with van der Waals surface area (Å²) in [6.07, 6.45) is -1.92. The highest BCUT2D eigenvalue weighted by Gasteiger charge is 2.34. The van der Waals surface area contributed by atoms with Crippen molar-refractivity contribution in [2.45, 2.75) is 26.1 Å².